The highest BCUT2D eigenvalue weighted by molar-refractivity contribution is 8.77. The molecule has 0 saturated heterocycles. The summed E-state index contributed by atoms with van der Waals surface area (Å²) in [5.74, 6) is -0.0333. The average Bonchev–Trinajstić information content (AvgIpc) is 2.31. The van der Waals surface area contributed by atoms with Crippen molar-refractivity contribution in [3.63, 3.8) is 0 Å². The highest BCUT2D eigenvalue weighted by atomic mass is 33.1. The van der Waals surface area contributed by atoms with Gasteiger partial charge in [0.05, 0.1) is 4.87 Å². The number of hydrogen-bond acceptors (Lipinski definition) is 5. The van der Waals surface area contributed by atoms with Gasteiger partial charge in [0.25, 0.3) is 0 Å². The summed E-state index contributed by atoms with van der Waals surface area (Å²) < 4.78 is 0.0153. The summed E-state index contributed by atoms with van der Waals surface area (Å²) in [5, 5.41) is 6.37. The smallest absolute Gasteiger partial charge is 0.217 e. The summed E-state index contributed by atoms with van der Waals surface area (Å²) in [4.78, 5) is 10.9. The minimum Gasteiger partial charge on any atom is -0.381 e. The molecule has 0 rings (SSSR count). The molecule has 1 amide bonds. The molecule has 0 heterocycles. The van der Waals surface area contributed by atoms with Gasteiger partial charge in [-0.05, 0) is 67.4 Å². The predicted octanol–water partition coefficient (Wildman–Crippen LogP) is 4.58. The van der Waals surface area contributed by atoms with Crippen LogP contribution >= 0.6 is 21.6 Å². The van der Waals surface area contributed by atoms with E-state index in [9.17, 15) is 4.79 Å². The van der Waals surface area contributed by atoms with Gasteiger partial charge in [-0.2, -0.15) is 0 Å². The highest BCUT2D eigenvalue weighted by Gasteiger charge is 2.35. The molecular weight excluding hydrogens is 350 g/mol. The van der Waals surface area contributed by atoms with E-state index in [1.807, 2.05) is 20.8 Å². The zero-order valence-corrected chi connectivity index (χ0v) is 18.8. The van der Waals surface area contributed by atoms with Gasteiger partial charge in [0.1, 0.15) is 0 Å². The fourth-order valence-electron chi connectivity index (χ4n) is 3.26. The van der Waals surface area contributed by atoms with Crippen LogP contribution in [0.25, 0.3) is 0 Å². The lowest BCUT2D eigenvalue weighted by molar-refractivity contribution is -0.120. The van der Waals surface area contributed by atoms with E-state index in [4.69, 9.17) is 5.73 Å². The van der Waals surface area contributed by atoms with Crippen LogP contribution in [0.4, 0.5) is 0 Å². The molecular formula is C19H37N3OS2. The molecule has 0 aromatic heterocycles. The zero-order valence-electron chi connectivity index (χ0n) is 17.2. The van der Waals surface area contributed by atoms with Crippen LogP contribution < -0.4 is 16.4 Å². The van der Waals surface area contributed by atoms with Crippen molar-refractivity contribution in [1.82, 2.24) is 10.6 Å². The molecule has 0 fully saturated rings. The van der Waals surface area contributed by atoms with E-state index >= 15 is 0 Å². The summed E-state index contributed by atoms with van der Waals surface area (Å²) in [6.07, 6.45) is 3.36. The van der Waals surface area contributed by atoms with Crippen molar-refractivity contribution in [2.45, 2.75) is 88.9 Å². The third-order valence-corrected chi connectivity index (χ3v) is 7.33. The molecule has 0 radical (unpaired) electrons. The summed E-state index contributed by atoms with van der Waals surface area (Å²) >= 11 is 0. The normalized spacial score (nSPS) is 15.2. The average molecular weight is 388 g/mol. The Balaban J connectivity index is 4.77. The Labute approximate surface area is 162 Å². The Morgan fingerprint density at radius 1 is 1.00 bits per heavy atom. The van der Waals surface area contributed by atoms with Crippen molar-refractivity contribution < 1.29 is 4.79 Å². The molecule has 0 spiro atoms. The van der Waals surface area contributed by atoms with Gasteiger partial charge >= 0.3 is 0 Å². The second kappa shape index (κ2) is 8.87. The van der Waals surface area contributed by atoms with E-state index in [0.29, 0.717) is 6.42 Å². The first kappa shape index (κ1) is 24.4. The summed E-state index contributed by atoms with van der Waals surface area (Å²) in [7, 11) is 3.47. The molecule has 146 valence electrons. The molecule has 0 aromatic carbocycles. The molecule has 0 aliphatic carbocycles. The van der Waals surface area contributed by atoms with E-state index in [1.165, 1.54) is 6.92 Å². The fourth-order valence-corrected chi connectivity index (χ4v) is 6.12. The maximum atomic E-state index is 11.3. The number of rotatable bonds is 11. The third-order valence-electron chi connectivity index (χ3n) is 3.38. The molecule has 0 saturated carbocycles. The molecule has 6 heteroatoms. The first-order valence-electron chi connectivity index (χ1n) is 8.53. The summed E-state index contributed by atoms with van der Waals surface area (Å²) in [6, 6.07) is 0. The SMILES string of the molecule is C=CC(=C)NC(C)(C)CC(C)(C)SSC(C)(N)CC(C)(C)NC(C)=O. The van der Waals surface area contributed by atoms with Crippen LogP contribution in [0.5, 0.6) is 0 Å². The monoisotopic (exact) mass is 387 g/mol. The Morgan fingerprint density at radius 3 is 1.92 bits per heavy atom. The van der Waals surface area contributed by atoms with Crippen molar-refractivity contribution in [2.24, 2.45) is 5.73 Å². The molecule has 0 aliphatic heterocycles. The van der Waals surface area contributed by atoms with Crippen LogP contribution in [0.1, 0.15) is 68.2 Å². The van der Waals surface area contributed by atoms with Gasteiger partial charge in [-0.1, -0.05) is 34.7 Å². The van der Waals surface area contributed by atoms with Crippen LogP contribution in [0.15, 0.2) is 24.9 Å². The van der Waals surface area contributed by atoms with Crippen LogP contribution in [0.3, 0.4) is 0 Å². The minimum absolute atomic E-state index is 0.0153. The Kier molecular flexibility index (Phi) is 8.66. The Morgan fingerprint density at radius 2 is 1.48 bits per heavy atom. The minimum atomic E-state index is -0.448. The molecule has 0 aliphatic rings. The molecule has 1 unspecified atom stereocenters. The first-order valence-corrected chi connectivity index (χ1v) is 10.7. The van der Waals surface area contributed by atoms with E-state index in [0.717, 1.165) is 12.1 Å². The number of carbonyl (C=O) groups is 1. The number of allylic oxidation sites excluding steroid dienone is 1. The van der Waals surface area contributed by atoms with E-state index < -0.39 is 4.87 Å². The maximum absolute atomic E-state index is 11.3. The van der Waals surface area contributed by atoms with Gasteiger partial charge in [0.2, 0.25) is 5.91 Å². The van der Waals surface area contributed by atoms with Crippen LogP contribution in [-0.2, 0) is 4.79 Å². The van der Waals surface area contributed by atoms with Gasteiger partial charge in [0, 0.05) is 28.4 Å². The summed E-state index contributed by atoms with van der Waals surface area (Å²) in [5.41, 5.74) is 6.90. The van der Waals surface area contributed by atoms with Gasteiger partial charge in [-0.3, -0.25) is 4.79 Å². The van der Waals surface area contributed by atoms with Gasteiger partial charge in [-0.15, -0.1) is 0 Å². The number of hydrogen-bond donors (Lipinski definition) is 3. The van der Waals surface area contributed by atoms with E-state index in [1.54, 1.807) is 27.7 Å². The molecule has 1 atom stereocenters. The van der Waals surface area contributed by atoms with E-state index in [-0.39, 0.29) is 21.7 Å². The topological polar surface area (TPSA) is 67.2 Å². The summed E-state index contributed by atoms with van der Waals surface area (Å²) in [6.45, 7) is 24.0. The largest absolute Gasteiger partial charge is 0.381 e. The Hall–Kier alpha value is -0.590. The van der Waals surface area contributed by atoms with Crippen LogP contribution in [0.2, 0.25) is 0 Å². The number of carbonyl (C=O) groups excluding carboxylic acids is 1. The number of amides is 1. The maximum Gasteiger partial charge on any atom is 0.217 e. The van der Waals surface area contributed by atoms with Crippen molar-refractivity contribution in [3.05, 3.63) is 24.9 Å². The molecule has 4 nitrogen and oxygen atoms in total. The van der Waals surface area contributed by atoms with Crippen molar-refractivity contribution in [1.29, 1.82) is 0 Å². The molecule has 4 N–H and O–H groups in total. The molecule has 0 aromatic rings. The Bertz CT molecular complexity index is 497. The van der Waals surface area contributed by atoms with Crippen molar-refractivity contribution in [2.75, 3.05) is 0 Å². The lowest BCUT2D eigenvalue weighted by Crippen LogP contribution is -2.50. The second-order valence-electron chi connectivity index (χ2n) is 8.90. The lowest BCUT2D eigenvalue weighted by atomic mass is 9.92. The zero-order chi connectivity index (χ0) is 20.1. The first-order chi connectivity index (χ1) is 11.0. The van der Waals surface area contributed by atoms with E-state index in [2.05, 4.69) is 51.5 Å². The quantitative estimate of drug-likeness (QED) is 0.275. The third kappa shape index (κ3) is 11.6. The van der Waals surface area contributed by atoms with Gasteiger partial charge < -0.3 is 16.4 Å². The fraction of sp³-hybridized carbons (Fsp3) is 0.737. The predicted molar refractivity (Wildman–Crippen MR) is 116 cm³/mol. The number of nitrogens with one attached hydrogen (secondary N) is 2. The molecule has 25 heavy (non-hydrogen) atoms. The standard InChI is InChI=1S/C19H37N3OS2/c1-11-14(2)21-16(4,5)12-18(8,9)24-25-19(10,20)13-17(6,7)22-15(3)23/h11,21H,1-2,12-13,20H2,3-10H3,(H,22,23). The van der Waals surface area contributed by atoms with Gasteiger partial charge in [-0.25, -0.2) is 0 Å². The molecule has 0 bridgehead atoms. The highest BCUT2D eigenvalue weighted by Crippen LogP contribution is 2.47. The number of nitrogens with two attached hydrogens (primary N) is 1. The van der Waals surface area contributed by atoms with Crippen LogP contribution in [0, 0.1) is 0 Å². The van der Waals surface area contributed by atoms with Crippen LogP contribution in [-0.4, -0.2) is 26.6 Å². The lowest BCUT2D eigenvalue weighted by Gasteiger charge is -2.39. The van der Waals surface area contributed by atoms with Gasteiger partial charge in [0.15, 0.2) is 0 Å². The van der Waals surface area contributed by atoms with Crippen molar-refractivity contribution >= 4 is 27.5 Å². The second-order valence-corrected chi connectivity index (χ2v) is 12.3. The van der Waals surface area contributed by atoms with Crippen molar-refractivity contribution in [3.8, 4) is 0 Å².